The number of hydrogen-bond acceptors (Lipinski definition) is 4. The molecule has 0 amide bonds. The summed E-state index contributed by atoms with van der Waals surface area (Å²) in [5, 5.41) is 11.1. The van der Waals surface area contributed by atoms with E-state index >= 15 is 0 Å². The number of benzene rings is 3. The smallest absolute Gasteiger partial charge is 0.175 e. The fourth-order valence-corrected chi connectivity index (χ4v) is 3.22. The summed E-state index contributed by atoms with van der Waals surface area (Å²) in [7, 11) is 0. The Morgan fingerprint density at radius 2 is 1.62 bits per heavy atom. The van der Waals surface area contributed by atoms with Gasteiger partial charge in [-0.05, 0) is 66.8 Å². The van der Waals surface area contributed by atoms with Crippen LogP contribution < -0.4 is 16.0 Å². The van der Waals surface area contributed by atoms with Gasteiger partial charge >= 0.3 is 0 Å². The third-order valence-corrected chi connectivity index (χ3v) is 4.50. The summed E-state index contributed by atoms with van der Waals surface area (Å²) >= 11 is 11.4. The molecule has 0 aliphatic rings. The highest BCUT2D eigenvalue weighted by molar-refractivity contribution is 7.80. The van der Waals surface area contributed by atoms with Crippen molar-refractivity contribution < 1.29 is 4.39 Å². The summed E-state index contributed by atoms with van der Waals surface area (Å²) in [6.45, 7) is 0. The van der Waals surface area contributed by atoms with Gasteiger partial charge in [-0.25, -0.2) is 14.4 Å². The minimum absolute atomic E-state index is 0.336. The highest BCUT2D eigenvalue weighted by atomic mass is 35.5. The zero-order valence-electron chi connectivity index (χ0n) is 15.0. The number of hydrogen-bond donors (Lipinski definition) is 3. The Labute approximate surface area is 177 Å². The molecule has 144 valence electrons. The average molecular weight is 424 g/mol. The zero-order valence-corrected chi connectivity index (χ0v) is 16.6. The minimum Gasteiger partial charge on any atom is -0.340 e. The van der Waals surface area contributed by atoms with Crippen molar-refractivity contribution >= 4 is 62.7 Å². The summed E-state index contributed by atoms with van der Waals surface area (Å²) in [6.07, 6.45) is 1.50. The van der Waals surface area contributed by atoms with Gasteiger partial charge in [0.2, 0.25) is 0 Å². The Bertz CT molecular complexity index is 1200. The number of anilines is 4. The van der Waals surface area contributed by atoms with Crippen molar-refractivity contribution in [1.82, 2.24) is 9.97 Å². The van der Waals surface area contributed by atoms with Crippen molar-refractivity contribution in [2.24, 2.45) is 0 Å². The van der Waals surface area contributed by atoms with Crippen molar-refractivity contribution in [3.05, 3.63) is 83.9 Å². The van der Waals surface area contributed by atoms with E-state index < -0.39 is 0 Å². The van der Waals surface area contributed by atoms with Crippen molar-refractivity contribution in [1.29, 1.82) is 0 Å². The first-order valence-electron chi connectivity index (χ1n) is 8.68. The lowest BCUT2D eigenvalue weighted by molar-refractivity contribution is 0.628. The molecule has 29 heavy (non-hydrogen) atoms. The van der Waals surface area contributed by atoms with Gasteiger partial charge in [0.1, 0.15) is 18.0 Å². The molecular weight excluding hydrogens is 409 g/mol. The van der Waals surface area contributed by atoms with Crippen LogP contribution in [0, 0.1) is 5.82 Å². The number of fused-ring (bicyclic) bond motifs is 1. The molecule has 0 spiro atoms. The van der Waals surface area contributed by atoms with Gasteiger partial charge in [0.15, 0.2) is 5.11 Å². The number of halogens is 2. The predicted octanol–water partition coefficient (Wildman–Crippen LogP) is 5.97. The van der Waals surface area contributed by atoms with Crippen LogP contribution in [-0.2, 0) is 0 Å². The second-order valence-corrected chi connectivity index (χ2v) is 7.02. The van der Waals surface area contributed by atoms with Gasteiger partial charge in [-0.1, -0.05) is 23.7 Å². The van der Waals surface area contributed by atoms with E-state index in [4.69, 9.17) is 23.8 Å². The molecule has 3 N–H and O–H groups in total. The number of aromatic nitrogens is 2. The molecule has 4 aromatic rings. The Kier molecular flexibility index (Phi) is 5.50. The number of nitrogens with zero attached hydrogens (tertiary/aromatic N) is 2. The van der Waals surface area contributed by atoms with Crippen molar-refractivity contribution in [3.63, 3.8) is 0 Å². The van der Waals surface area contributed by atoms with E-state index in [2.05, 4.69) is 25.9 Å². The lowest BCUT2D eigenvalue weighted by Crippen LogP contribution is -2.19. The van der Waals surface area contributed by atoms with Gasteiger partial charge in [0, 0.05) is 27.5 Å². The maximum atomic E-state index is 13.3. The molecule has 0 bridgehead atoms. The zero-order chi connectivity index (χ0) is 20.2. The van der Waals surface area contributed by atoms with E-state index in [1.54, 1.807) is 18.2 Å². The van der Waals surface area contributed by atoms with Gasteiger partial charge in [-0.15, -0.1) is 0 Å². The fraction of sp³-hybridized carbons (Fsp3) is 0. The second kappa shape index (κ2) is 8.38. The topological polar surface area (TPSA) is 61.9 Å². The molecule has 1 aromatic heterocycles. The van der Waals surface area contributed by atoms with Crippen LogP contribution in [0.4, 0.5) is 27.3 Å². The number of nitrogens with one attached hydrogen (secondary N) is 3. The fourth-order valence-electron chi connectivity index (χ4n) is 2.80. The quantitative estimate of drug-likeness (QED) is 0.351. The Hall–Kier alpha value is -3.29. The second-order valence-electron chi connectivity index (χ2n) is 6.18. The van der Waals surface area contributed by atoms with Crippen LogP contribution in [0.25, 0.3) is 10.9 Å². The third kappa shape index (κ3) is 4.77. The molecule has 0 aliphatic carbocycles. The molecule has 4 rings (SSSR count). The van der Waals surface area contributed by atoms with Crippen LogP contribution in [0.2, 0.25) is 5.02 Å². The van der Waals surface area contributed by atoms with Crippen LogP contribution in [-0.4, -0.2) is 15.1 Å². The summed E-state index contributed by atoms with van der Waals surface area (Å²) in [5.41, 5.74) is 2.91. The summed E-state index contributed by atoms with van der Waals surface area (Å²) in [6, 6.07) is 19.1. The Morgan fingerprint density at radius 1 is 0.862 bits per heavy atom. The lowest BCUT2D eigenvalue weighted by Gasteiger charge is -2.13. The van der Waals surface area contributed by atoms with Crippen LogP contribution in [0.15, 0.2) is 73.1 Å². The van der Waals surface area contributed by atoms with E-state index in [1.807, 2.05) is 36.4 Å². The highest BCUT2D eigenvalue weighted by Crippen LogP contribution is 2.27. The van der Waals surface area contributed by atoms with Crippen molar-refractivity contribution in [2.45, 2.75) is 0 Å². The maximum Gasteiger partial charge on any atom is 0.175 e. The van der Waals surface area contributed by atoms with E-state index in [0.717, 1.165) is 22.3 Å². The van der Waals surface area contributed by atoms with Gasteiger partial charge in [0.05, 0.1) is 5.52 Å². The molecule has 0 aliphatic heterocycles. The minimum atomic E-state index is -0.336. The lowest BCUT2D eigenvalue weighted by atomic mass is 10.2. The van der Waals surface area contributed by atoms with Gasteiger partial charge in [0.25, 0.3) is 0 Å². The molecule has 0 fully saturated rings. The maximum absolute atomic E-state index is 13.3. The Balaban J connectivity index is 1.57. The molecule has 0 unspecified atom stereocenters. The molecule has 0 radical (unpaired) electrons. The van der Waals surface area contributed by atoms with E-state index in [0.29, 0.717) is 21.6 Å². The van der Waals surface area contributed by atoms with Crippen LogP contribution in [0.5, 0.6) is 0 Å². The standard InChI is InChI=1S/C21H15ClFN5S/c22-13-3-1-5-15(9-13)26-20-18-11-17(7-8-19(18)24-12-25-20)28-21(29)27-16-6-2-4-14(23)10-16/h1-12H,(H,24,25,26)(H2,27,28,29). The van der Waals surface area contributed by atoms with Gasteiger partial charge in [-0.2, -0.15) is 0 Å². The molecular formula is C21H15ClFN5S. The largest absolute Gasteiger partial charge is 0.340 e. The molecule has 0 saturated carbocycles. The first kappa shape index (κ1) is 19.0. The van der Waals surface area contributed by atoms with Crippen LogP contribution >= 0.6 is 23.8 Å². The molecule has 0 atom stereocenters. The molecule has 3 aromatic carbocycles. The first-order chi connectivity index (χ1) is 14.1. The molecule has 0 saturated heterocycles. The summed E-state index contributed by atoms with van der Waals surface area (Å²) in [4.78, 5) is 8.65. The number of thiocarbonyl (C=S) groups is 1. The highest BCUT2D eigenvalue weighted by Gasteiger charge is 2.07. The monoisotopic (exact) mass is 423 g/mol. The SMILES string of the molecule is Fc1cccc(NC(=S)Nc2ccc3ncnc(Nc4cccc(Cl)c4)c3c2)c1. The summed E-state index contributed by atoms with van der Waals surface area (Å²) < 4.78 is 13.3. The van der Waals surface area contributed by atoms with E-state index in [-0.39, 0.29) is 5.82 Å². The number of rotatable bonds is 4. The normalized spacial score (nSPS) is 10.6. The van der Waals surface area contributed by atoms with Gasteiger partial charge in [-0.3, -0.25) is 0 Å². The van der Waals surface area contributed by atoms with Gasteiger partial charge < -0.3 is 16.0 Å². The molecule has 8 heteroatoms. The third-order valence-electron chi connectivity index (χ3n) is 4.06. The van der Waals surface area contributed by atoms with Crippen LogP contribution in [0.3, 0.4) is 0 Å². The van der Waals surface area contributed by atoms with Crippen molar-refractivity contribution in [3.8, 4) is 0 Å². The first-order valence-corrected chi connectivity index (χ1v) is 9.46. The van der Waals surface area contributed by atoms with E-state index in [1.165, 1.54) is 18.5 Å². The van der Waals surface area contributed by atoms with Crippen molar-refractivity contribution in [2.75, 3.05) is 16.0 Å². The van der Waals surface area contributed by atoms with Crippen LogP contribution in [0.1, 0.15) is 0 Å². The Morgan fingerprint density at radius 3 is 2.41 bits per heavy atom. The average Bonchev–Trinajstić information content (AvgIpc) is 2.68. The molecule has 5 nitrogen and oxygen atoms in total. The summed E-state index contributed by atoms with van der Waals surface area (Å²) in [5.74, 6) is 0.308. The van der Waals surface area contributed by atoms with E-state index in [9.17, 15) is 4.39 Å². The molecule has 1 heterocycles. The predicted molar refractivity (Wildman–Crippen MR) is 121 cm³/mol.